The van der Waals surface area contributed by atoms with Gasteiger partial charge in [0.15, 0.2) is 0 Å². The second-order valence-corrected chi connectivity index (χ2v) is 7.47. The summed E-state index contributed by atoms with van der Waals surface area (Å²) in [5.74, 6) is 1.42. The van der Waals surface area contributed by atoms with Crippen molar-refractivity contribution in [1.29, 1.82) is 0 Å². The number of nitrogens with two attached hydrogens (primary N) is 2. The quantitative estimate of drug-likeness (QED) is 0.532. The van der Waals surface area contributed by atoms with E-state index in [1.807, 2.05) is 35.2 Å². The molecule has 0 spiro atoms. The predicted molar refractivity (Wildman–Crippen MR) is 114 cm³/mol. The van der Waals surface area contributed by atoms with E-state index in [0.29, 0.717) is 49.8 Å². The summed E-state index contributed by atoms with van der Waals surface area (Å²) in [6.45, 7) is 3.02. The van der Waals surface area contributed by atoms with Crippen molar-refractivity contribution in [2.24, 2.45) is 0 Å². The lowest BCUT2D eigenvalue weighted by Crippen LogP contribution is -2.48. The van der Waals surface area contributed by atoms with Gasteiger partial charge in [-0.2, -0.15) is 0 Å². The third-order valence-corrected chi connectivity index (χ3v) is 5.44. The number of fused-ring (bicyclic) bond motifs is 2. The first-order valence-electron chi connectivity index (χ1n) is 9.92. The number of nitrogen functional groups attached to an aromatic ring is 2. The summed E-state index contributed by atoms with van der Waals surface area (Å²) >= 11 is 0. The van der Waals surface area contributed by atoms with Crippen molar-refractivity contribution in [3.8, 4) is 11.5 Å². The number of aliphatic hydroxyl groups excluding tert-OH is 2. The van der Waals surface area contributed by atoms with Crippen LogP contribution >= 0.6 is 0 Å². The number of anilines is 4. The van der Waals surface area contributed by atoms with E-state index in [1.165, 1.54) is 0 Å². The maximum atomic E-state index is 10.9. The maximum Gasteiger partial charge on any atom is 0.145 e. The van der Waals surface area contributed by atoms with Crippen molar-refractivity contribution < 1.29 is 19.7 Å². The molecule has 2 heterocycles. The SMILES string of the molecule is Nc1ccc2c(c1)OCCN2CCC(O)C1CN(CCO)c2ccc(N)cc2O1. The van der Waals surface area contributed by atoms with E-state index in [-0.39, 0.29) is 6.61 Å². The Morgan fingerprint density at radius 2 is 1.69 bits per heavy atom. The van der Waals surface area contributed by atoms with Crippen LogP contribution < -0.4 is 30.7 Å². The van der Waals surface area contributed by atoms with E-state index >= 15 is 0 Å². The molecule has 0 amide bonds. The van der Waals surface area contributed by atoms with Crippen LogP contribution in [0.15, 0.2) is 36.4 Å². The molecule has 4 rings (SSSR count). The molecule has 0 saturated carbocycles. The maximum absolute atomic E-state index is 10.9. The second kappa shape index (κ2) is 8.26. The third-order valence-electron chi connectivity index (χ3n) is 5.44. The molecule has 0 aliphatic carbocycles. The topological polar surface area (TPSA) is 117 Å². The van der Waals surface area contributed by atoms with E-state index in [4.69, 9.17) is 20.9 Å². The van der Waals surface area contributed by atoms with Gasteiger partial charge in [0.05, 0.1) is 37.2 Å². The Morgan fingerprint density at radius 1 is 1.00 bits per heavy atom. The minimum absolute atomic E-state index is 0.0281. The molecule has 29 heavy (non-hydrogen) atoms. The van der Waals surface area contributed by atoms with Crippen LogP contribution in [0.1, 0.15) is 6.42 Å². The van der Waals surface area contributed by atoms with Crippen LogP contribution in [0.5, 0.6) is 11.5 Å². The van der Waals surface area contributed by atoms with Gasteiger partial charge in [-0.1, -0.05) is 0 Å². The smallest absolute Gasteiger partial charge is 0.145 e. The molecule has 2 aliphatic heterocycles. The molecule has 6 N–H and O–H groups in total. The normalized spacial score (nSPS) is 19.0. The highest BCUT2D eigenvalue weighted by atomic mass is 16.5. The molecule has 2 aromatic rings. The fourth-order valence-corrected chi connectivity index (χ4v) is 3.94. The number of rotatable bonds is 6. The number of benzene rings is 2. The molecule has 8 nitrogen and oxygen atoms in total. The van der Waals surface area contributed by atoms with Gasteiger partial charge < -0.3 is 41.0 Å². The monoisotopic (exact) mass is 400 g/mol. The first-order valence-corrected chi connectivity index (χ1v) is 9.92. The molecule has 0 aromatic heterocycles. The van der Waals surface area contributed by atoms with Crippen LogP contribution in [0.3, 0.4) is 0 Å². The first-order chi connectivity index (χ1) is 14.0. The van der Waals surface area contributed by atoms with Crippen molar-refractivity contribution >= 4 is 22.7 Å². The highest BCUT2D eigenvalue weighted by Gasteiger charge is 2.31. The summed E-state index contributed by atoms with van der Waals surface area (Å²) in [6.07, 6.45) is -0.521. The molecule has 0 fully saturated rings. The van der Waals surface area contributed by atoms with Gasteiger partial charge in [0.2, 0.25) is 0 Å². The zero-order chi connectivity index (χ0) is 20.4. The zero-order valence-electron chi connectivity index (χ0n) is 16.3. The predicted octanol–water partition coefficient (Wildman–Crippen LogP) is 1.06. The highest BCUT2D eigenvalue weighted by Crippen LogP contribution is 2.36. The largest absolute Gasteiger partial charge is 0.489 e. The lowest BCUT2D eigenvalue weighted by atomic mass is 10.1. The van der Waals surface area contributed by atoms with Gasteiger partial charge >= 0.3 is 0 Å². The number of β-amino-alcohol motifs (C(OH)–C–C–N with tert-alkyl or cyclic N) is 1. The lowest BCUT2D eigenvalue weighted by Gasteiger charge is -2.38. The van der Waals surface area contributed by atoms with E-state index < -0.39 is 12.2 Å². The van der Waals surface area contributed by atoms with E-state index in [1.54, 1.807) is 6.07 Å². The fraction of sp³-hybridized carbons (Fsp3) is 0.429. The van der Waals surface area contributed by atoms with E-state index in [2.05, 4.69) is 4.90 Å². The first kappa shape index (κ1) is 19.5. The average molecular weight is 400 g/mol. The molecule has 0 saturated heterocycles. The number of aliphatic hydroxyl groups is 2. The van der Waals surface area contributed by atoms with Crippen LogP contribution in [-0.2, 0) is 0 Å². The van der Waals surface area contributed by atoms with Crippen molar-refractivity contribution in [1.82, 2.24) is 0 Å². The minimum Gasteiger partial charge on any atom is -0.489 e. The van der Waals surface area contributed by atoms with Crippen molar-refractivity contribution in [3.63, 3.8) is 0 Å². The van der Waals surface area contributed by atoms with Gasteiger partial charge in [0, 0.05) is 36.6 Å². The Balaban J connectivity index is 1.43. The molecule has 156 valence electrons. The summed E-state index contributed by atoms with van der Waals surface area (Å²) in [5.41, 5.74) is 14.9. The molecule has 8 heteroatoms. The molecule has 2 atom stereocenters. The van der Waals surface area contributed by atoms with Gasteiger partial charge in [-0.3, -0.25) is 0 Å². The Labute approximate surface area is 170 Å². The summed E-state index contributed by atoms with van der Waals surface area (Å²) in [6, 6.07) is 11.1. The molecular weight excluding hydrogens is 372 g/mol. The van der Waals surface area contributed by atoms with Crippen LogP contribution in [-0.4, -0.2) is 61.8 Å². The Hall–Kier alpha value is -2.84. The van der Waals surface area contributed by atoms with Crippen LogP contribution in [0.2, 0.25) is 0 Å². The molecule has 2 unspecified atom stereocenters. The van der Waals surface area contributed by atoms with Gasteiger partial charge in [-0.15, -0.1) is 0 Å². The van der Waals surface area contributed by atoms with Gasteiger partial charge in [-0.25, -0.2) is 0 Å². The lowest BCUT2D eigenvalue weighted by molar-refractivity contribution is 0.0306. The van der Waals surface area contributed by atoms with Gasteiger partial charge in [-0.05, 0) is 30.7 Å². The van der Waals surface area contributed by atoms with Gasteiger partial charge in [0.1, 0.15) is 24.2 Å². The Kier molecular flexibility index (Phi) is 5.55. The standard InChI is InChI=1S/C21H28N4O4/c22-14-1-3-16-19(11-14)28-10-8-24(16)6-5-18(27)21-13-25(7-9-26)17-4-2-15(23)12-20(17)29-21/h1-4,11-12,18,21,26-27H,5-10,13,22-23H2. The average Bonchev–Trinajstić information content (AvgIpc) is 2.71. The van der Waals surface area contributed by atoms with E-state index in [9.17, 15) is 10.2 Å². The van der Waals surface area contributed by atoms with Gasteiger partial charge in [0.25, 0.3) is 0 Å². The zero-order valence-corrected chi connectivity index (χ0v) is 16.3. The number of nitrogens with zero attached hydrogens (tertiary/aromatic N) is 2. The molecule has 0 radical (unpaired) electrons. The molecular formula is C21H28N4O4. The van der Waals surface area contributed by atoms with Crippen LogP contribution in [0.4, 0.5) is 22.7 Å². The van der Waals surface area contributed by atoms with Crippen molar-refractivity contribution in [3.05, 3.63) is 36.4 Å². The fourth-order valence-electron chi connectivity index (χ4n) is 3.94. The highest BCUT2D eigenvalue weighted by molar-refractivity contribution is 5.66. The minimum atomic E-state index is -0.661. The molecule has 2 aliphatic rings. The van der Waals surface area contributed by atoms with Crippen molar-refractivity contribution in [2.75, 3.05) is 60.7 Å². The van der Waals surface area contributed by atoms with Crippen molar-refractivity contribution in [2.45, 2.75) is 18.6 Å². The Morgan fingerprint density at radius 3 is 2.41 bits per heavy atom. The Bertz CT molecular complexity index is 863. The van der Waals surface area contributed by atoms with Crippen LogP contribution in [0.25, 0.3) is 0 Å². The third kappa shape index (κ3) is 4.13. The van der Waals surface area contributed by atoms with E-state index in [0.717, 1.165) is 23.7 Å². The molecule has 0 bridgehead atoms. The number of hydrogen-bond donors (Lipinski definition) is 4. The summed E-state index contributed by atoms with van der Waals surface area (Å²) in [7, 11) is 0. The summed E-state index contributed by atoms with van der Waals surface area (Å²) in [4.78, 5) is 4.22. The molecule has 2 aromatic carbocycles. The number of hydrogen-bond acceptors (Lipinski definition) is 8. The summed E-state index contributed by atoms with van der Waals surface area (Å²) in [5, 5.41) is 20.3. The second-order valence-electron chi connectivity index (χ2n) is 7.47. The summed E-state index contributed by atoms with van der Waals surface area (Å²) < 4.78 is 11.8. The van der Waals surface area contributed by atoms with Crippen LogP contribution in [0, 0.1) is 0 Å². The number of ether oxygens (including phenoxy) is 2.